The fourth-order valence-corrected chi connectivity index (χ4v) is 2.29. The van der Waals surface area contributed by atoms with Gasteiger partial charge < -0.3 is 30.3 Å². The van der Waals surface area contributed by atoms with Crippen LogP contribution in [-0.4, -0.2) is 32.6 Å². The first-order chi connectivity index (χ1) is 10.9. The summed E-state index contributed by atoms with van der Waals surface area (Å²) >= 11 is 0. The van der Waals surface area contributed by atoms with Gasteiger partial charge in [0.2, 0.25) is 5.75 Å². The molecule has 1 aromatic heterocycles. The van der Waals surface area contributed by atoms with E-state index in [9.17, 15) is 25.5 Å². The molecule has 0 fully saturated rings. The van der Waals surface area contributed by atoms with Gasteiger partial charge in [-0.2, -0.15) is 0 Å². The molecule has 0 atom stereocenters. The Bertz CT molecular complexity index is 895. The highest BCUT2D eigenvalue weighted by molar-refractivity contribution is 5.88. The van der Waals surface area contributed by atoms with Crippen LogP contribution in [0.5, 0.6) is 34.5 Å². The van der Waals surface area contributed by atoms with Gasteiger partial charge in [-0.25, -0.2) is 4.42 Å². The predicted molar refractivity (Wildman–Crippen MR) is 80.9 cm³/mol. The molecule has 0 saturated carbocycles. The first kappa shape index (κ1) is 14.6. The summed E-state index contributed by atoms with van der Waals surface area (Å²) in [6, 6.07) is 6.32. The van der Waals surface area contributed by atoms with E-state index in [1.165, 1.54) is 25.3 Å². The number of benzene rings is 2. The smallest absolute Gasteiger partial charge is 0.402 e. The second-order valence-corrected chi connectivity index (χ2v) is 4.88. The highest BCUT2D eigenvalue weighted by Crippen LogP contribution is 2.43. The first-order valence-corrected chi connectivity index (χ1v) is 6.53. The number of methoxy groups -OCH3 is 1. The van der Waals surface area contributed by atoms with Crippen LogP contribution in [0.1, 0.15) is 0 Å². The van der Waals surface area contributed by atoms with Crippen LogP contribution in [0.15, 0.2) is 34.7 Å². The van der Waals surface area contributed by atoms with E-state index in [0.717, 1.165) is 12.1 Å². The van der Waals surface area contributed by atoms with Gasteiger partial charge in [0.05, 0.1) is 18.7 Å². The number of hydrogen-bond acceptors (Lipinski definition) is 6. The summed E-state index contributed by atoms with van der Waals surface area (Å²) in [5.41, 5.74) is 0.362. The van der Waals surface area contributed by atoms with Gasteiger partial charge >= 0.3 is 11.3 Å². The molecule has 2 aromatic carbocycles. The zero-order valence-electron chi connectivity index (χ0n) is 11.9. The van der Waals surface area contributed by atoms with Crippen molar-refractivity contribution < 1.29 is 34.7 Å². The van der Waals surface area contributed by atoms with Crippen molar-refractivity contribution in [2.45, 2.75) is 0 Å². The number of hydrogen-bond donors (Lipinski definition) is 5. The Morgan fingerprint density at radius 2 is 1.48 bits per heavy atom. The largest absolute Gasteiger partial charge is 0.507 e. The molecule has 23 heavy (non-hydrogen) atoms. The third-order valence-electron chi connectivity index (χ3n) is 3.37. The maximum atomic E-state index is 10.2. The van der Waals surface area contributed by atoms with Crippen molar-refractivity contribution in [1.29, 1.82) is 0 Å². The molecule has 118 valence electrons. The van der Waals surface area contributed by atoms with E-state index in [4.69, 9.17) is 9.15 Å². The van der Waals surface area contributed by atoms with Gasteiger partial charge in [-0.1, -0.05) is 0 Å². The van der Waals surface area contributed by atoms with Crippen molar-refractivity contribution in [2.75, 3.05) is 7.11 Å². The lowest BCUT2D eigenvalue weighted by atomic mass is 10.1. The molecule has 0 amide bonds. The van der Waals surface area contributed by atoms with Crippen LogP contribution >= 0.6 is 0 Å². The third-order valence-corrected chi connectivity index (χ3v) is 3.37. The van der Waals surface area contributed by atoms with E-state index in [0.29, 0.717) is 11.1 Å². The van der Waals surface area contributed by atoms with E-state index in [-0.39, 0.29) is 28.4 Å². The quantitative estimate of drug-likeness (QED) is 0.364. The molecule has 0 aliphatic carbocycles. The van der Waals surface area contributed by atoms with E-state index in [2.05, 4.69) is 0 Å². The zero-order valence-corrected chi connectivity index (χ0v) is 11.9. The molecule has 3 rings (SSSR count). The Morgan fingerprint density at radius 1 is 0.826 bits per heavy atom. The average molecular weight is 317 g/mol. The molecule has 0 aliphatic heterocycles. The molecular formula is C16H13O7+. The van der Waals surface area contributed by atoms with Crippen LogP contribution in [-0.2, 0) is 0 Å². The van der Waals surface area contributed by atoms with Crippen molar-refractivity contribution in [2.24, 2.45) is 0 Å². The Morgan fingerprint density at radius 3 is 2.09 bits per heavy atom. The number of phenolic OH excluding ortho intramolecular Hbond substituents is 4. The van der Waals surface area contributed by atoms with Gasteiger partial charge in [0.25, 0.3) is 0 Å². The van der Waals surface area contributed by atoms with Crippen molar-refractivity contribution in [3.63, 3.8) is 0 Å². The standard InChI is InChI=1S/C16H12O7/c1-22-13-4-8(17)5-14-9(13)6-12(20)16(23-14)7-2-10(18)15(21)11(19)3-7/h2-6H,1H3,(H4-,17,18,19,20,21)/p+1. The van der Waals surface area contributed by atoms with Gasteiger partial charge in [-0.05, 0) is 0 Å². The van der Waals surface area contributed by atoms with Crippen LogP contribution in [0.4, 0.5) is 0 Å². The van der Waals surface area contributed by atoms with E-state index in [1.54, 1.807) is 0 Å². The van der Waals surface area contributed by atoms with E-state index in [1.807, 2.05) is 0 Å². The fourth-order valence-electron chi connectivity index (χ4n) is 2.29. The van der Waals surface area contributed by atoms with Crippen LogP contribution in [0.25, 0.3) is 22.3 Å². The highest BCUT2D eigenvalue weighted by atomic mass is 16.5. The summed E-state index contributed by atoms with van der Waals surface area (Å²) in [7, 11) is 1.41. The lowest BCUT2D eigenvalue weighted by Crippen LogP contribution is -1.87. The topological polar surface area (TPSA) is 122 Å². The fraction of sp³-hybridized carbons (Fsp3) is 0.0625. The zero-order chi connectivity index (χ0) is 16.7. The van der Waals surface area contributed by atoms with E-state index < -0.39 is 17.2 Å². The minimum absolute atomic E-state index is 0.0595. The van der Waals surface area contributed by atoms with Crippen molar-refractivity contribution in [3.8, 4) is 45.8 Å². The Labute approximate surface area is 129 Å². The molecule has 0 radical (unpaired) electrons. The number of ether oxygens (including phenoxy) is 1. The third kappa shape index (κ3) is 2.38. The maximum Gasteiger partial charge on any atom is 0.402 e. The van der Waals surface area contributed by atoms with Gasteiger partial charge in [-0.15, -0.1) is 0 Å². The predicted octanol–water partition coefficient (Wildman–Crippen LogP) is 2.92. The Hall–Kier alpha value is -3.35. The normalized spacial score (nSPS) is 10.8. The number of phenols is 4. The lowest BCUT2D eigenvalue weighted by molar-refractivity contribution is 0.368. The number of aromatic hydroxyl groups is 5. The molecule has 0 bridgehead atoms. The van der Waals surface area contributed by atoms with Crippen LogP contribution in [0.2, 0.25) is 0 Å². The van der Waals surface area contributed by atoms with Crippen LogP contribution in [0, 0.1) is 0 Å². The minimum atomic E-state index is -0.673. The molecule has 5 N–H and O–H groups in total. The molecule has 7 heteroatoms. The molecule has 0 spiro atoms. The number of fused-ring (bicyclic) bond motifs is 1. The molecule has 0 saturated heterocycles. The molecule has 1 heterocycles. The summed E-state index contributed by atoms with van der Waals surface area (Å²) in [6.45, 7) is 0. The van der Waals surface area contributed by atoms with Crippen LogP contribution in [0.3, 0.4) is 0 Å². The molecule has 0 unspecified atom stereocenters. The first-order valence-electron chi connectivity index (χ1n) is 6.53. The number of rotatable bonds is 2. The molecule has 0 aliphatic rings. The van der Waals surface area contributed by atoms with Gasteiger partial charge in [0, 0.05) is 24.3 Å². The summed E-state index contributed by atoms with van der Waals surface area (Å²) in [5, 5.41) is 48.8. The minimum Gasteiger partial charge on any atom is -0.507 e. The Kier molecular flexibility index (Phi) is 3.25. The van der Waals surface area contributed by atoms with Crippen LogP contribution < -0.4 is 4.74 Å². The molecule has 3 aromatic rings. The Balaban J connectivity index is 2.29. The van der Waals surface area contributed by atoms with Crippen molar-refractivity contribution >= 4 is 11.0 Å². The van der Waals surface area contributed by atoms with Gasteiger partial charge in [-0.3, -0.25) is 0 Å². The summed E-state index contributed by atoms with van der Waals surface area (Å²) < 4.78 is 10.7. The van der Waals surface area contributed by atoms with E-state index >= 15 is 0 Å². The highest BCUT2D eigenvalue weighted by Gasteiger charge is 2.26. The average Bonchev–Trinajstić information content (AvgIpc) is 2.51. The summed E-state index contributed by atoms with van der Waals surface area (Å²) in [6.07, 6.45) is 0. The van der Waals surface area contributed by atoms with Crippen molar-refractivity contribution in [3.05, 3.63) is 30.3 Å². The molecular weight excluding hydrogens is 304 g/mol. The molecule has 7 nitrogen and oxygen atoms in total. The maximum absolute atomic E-state index is 10.2. The van der Waals surface area contributed by atoms with Gasteiger partial charge in [0.15, 0.2) is 17.2 Å². The lowest BCUT2D eigenvalue weighted by Gasteiger charge is -2.04. The monoisotopic (exact) mass is 317 g/mol. The second-order valence-electron chi connectivity index (χ2n) is 4.88. The van der Waals surface area contributed by atoms with Gasteiger partial charge in [0.1, 0.15) is 16.9 Å². The SMILES string of the molecule is COc1cc(O)cc2[o+]c(-c3cc(O)c(O)c(O)c3)c(O)cc12. The second kappa shape index (κ2) is 5.13. The summed E-state index contributed by atoms with van der Waals surface area (Å²) in [5.74, 6) is -1.92. The summed E-state index contributed by atoms with van der Waals surface area (Å²) in [4.78, 5) is 0. The van der Waals surface area contributed by atoms with Crippen molar-refractivity contribution in [1.82, 2.24) is 0 Å².